The van der Waals surface area contributed by atoms with E-state index in [4.69, 9.17) is 9.47 Å². The van der Waals surface area contributed by atoms with E-state index in [1.807, 2.05) is 6.92 Å². The van der Waals surface area contributed by atoms with Crippen molar-refractivity contribution in [2.45, 2.75) is 38.8 Å². The summed E-state index contributed by atoms with van der Waals surface area (Å²) in [5.41, 5.74) is 0. The van der Waals surface area contributed by atoms with Crippen LogP contribution >= 0.6 is 0 Å². The van der Waals surface area contributed by atoms with E-state index in [0.29, 0.717) is 12.1 Å². The molecule has 1 aliphatic rings. The molecular formula is C10H21NO2. The molecule has 0 saturated carbocycles. The average Bonchev–Trinajstić information content (AvgIpc) is 2.52. The first kappa shape index (κ1) is 11.0. The van der Waals surface area contributed by atoms with Crippen LogP contribution < -0.4 is 5.32 Å². The summed E-state index contributed by atoms with van der Waals surface area (Å²) < 4.78 is 10.7. The highest BCUT2D eigenvalue weighted by Gasteiger charge is 2.22. The van der Waals surface area contributed by atoms with Crippen LogP contribution in [0.5, 0.6) is 0 Å². The van der Waals surface area contributed by atoms with E-state index in [1.54, 1.807) is 0 Å². The van der Waals surface area contributed by atoms with Crippen molar-refractivity contribution in [2.75, 3.05) is 26.4 Å². The van der Waals surface area contributed by atoms with Crippen molar-refractivity contribution >= 4 is 0 Å². The van der Waals surface area contributed by atoms with E-state index in [-0.39, 0.29) is 0 Å². The van der Waals surface area contributed by atoms with E-state index in [0.717, 1.165) is 39.2 Å². The summed E-state index contributed by atoms with van der Waals surface area (Å²) in [5, 5.41) is 3.49. The predicted octanol–water partition coefficient (Wildman–Crippen LogP) is 1.18. The fourth-order valence-electron chi connectivity index (χ4n) is 1.61. The summed E-state index contributed by atoms with van der Waals surface area (Å²) >= 11 is 0. The Balaban J connectivity index is 1.93. The topological polar surface area (TPSA) is 30.5 Å². The minimum absolute atomic E-state index is 0.382. The van der Waals surface area contributed by atoms with Crippen LogP contribution in [0.2, 0.25) is 0 Å². The lowest BCUT2D eigenvalue weighted by atomic mass is 10.1. The maximum atomic E-state index is 5.45. The van der Waals surface area contributed by atoms with Gasteiger partial charge in [-0.05, 0) is 33.2 Å². The van der Waals surface area contributed by atoms with Crippen LogP contribution in [0.3, 0.4) is 0 Å². The second-order valence-electron chi connectivity index (χ2n) is 3.48. The first-order valence-corrected chi connectivity index (χ1v) is 5.27. The van der Waals surface area contributed by atoms with Crippen molar-refractivity contribution in [1.82, 2.24) is 5.32 Å². The Labute approximate surface area is 80.8 Å². The van der Waals surface area contributed by atoms with Crippen molar-refractivity contribution in [2.24, 2.45) is 0 Å². The lowest BCUT2D eigenvalue weighted by molar-refractivity contribution is 0.111. The van der Waals surface area contributed by atoms with E-state index in [9.17, 15) is 0 Å². The smallest absolute Gasteiger partial charge is 0.0700 e. The molecular weight excluding hydrogens is 166 g/mol. The highest BCUT2D eigenvalue weighted by atomic mass is 16.5. The number of hydrogen-bond donors (Lipinski definition) is 1. The second kappa shape index (κ2) is 6.35. The first-order valence-electron chi connectivity index (χ1n) is 5.27. The number of hydrogen-bond acceptors (Lipinski definition) is 3. The van der Waals surface area contributed by atoms with Crippen molar-refractivity contribution < 1.29 is 9.47 Å². The Kier molecular flexibility index (Phi) is 5.35. The summed E-state index contributed by atoms with van der Waals surface area (Å²) in [6, 6.07) is 0.557. The van der Waals surface area contributed by atoms with Crippen molar-refractivity contribution in [3.05, 3.63) is 0 Å². The largest absolute Gasteiger partial charge is 0.382 e. The molecule has 0 bridgehead atoms. The minimum Gasteiger partial charge on any atom is -0.382 e. The van der Waals surface area contributed by atoms with Crippen molar-refractivity contribution in [3.8, 4) is 0 Å². The molecule has 1 saturated heterocycles. The molecule has 1 aliphatic heterocycles. The standard InChI is InChI=1S/C10H21NO2/c1-3-12-7-4-6-11-10-5-8-13-9(10)2/h9-11H,3-8H2,1-2H3/t9-,10-/m1/s1. The zero-order chi connectivity index (χ0) is 9.52. The molecule has 13 heavy (non-hydrogen) atoms. The van der Waals surface area contributed by atoms with Gasteiger partial charge in [-0.15, -0.1) is 0 Å². The molecule has 78 valence electrons. The third-order valence-electron chi connectivity index (χ3n) is 2.45. The molecule has 1 N–H and O–H groups in total. The third kappa shape index (κ3) is 4.07. The average molecular weight is 187 g/mol. The Bertz CT molecular complexity index is 130. The summed E-state index contributed by atoms with van der Waals surface area (Å²) in [4.78, 5) is 0. The van der Waals surface area contributed by atoms with Gasteiger partial charge < -0.3 is 14.8 Å². The lowest BCUT2D eigenvalue weighted by Crippen LogP contribution is -2.35. The molecule has 0 amide bonds. The molecule has 2 atom stereocenters. The van der Waals surface area contributed by atoms with Gasteiger partial charge in [-0.2, -0.15) is 0 Å². The summed E-state index contributed by atoms with van der Waals surface area (Å²) in [5.74, 6) is 0. The fourth-order valence-corrected chi connectivity index (χ4v) is 1.61. The summed E-state index contributed by atoms with van der Waals surface area (Å²) in [6.07, 6.45) is 2.62. The highest BCUT2D eigenvalue weighted by Crippen LogP contribution is 2.11. The minimum atomic E-state index is 0.382. The Morgan fingerprint density at radius 3 is 3.00 bits per heavy atom. The zero-order valence-electron chi connectivity index (χ0n) is 8.71. The molecule has 0 spiro atoms. The van der Waals surface area contributed by atoms with Crippen LogP contribution in [-0.4, -0.2) is 38.5 Å². The van der Waals surface area contributed by atoms with Gasteiger partial charge in [-0.25, -0.2) is 0 Å². The third-order valence-corrected chi connectivity index (χ3v) is 2.45. The summed E-state index contributed by atoms with van der Waals surface area (Å²) in [7, 11) is 0. The predicted molar refractivity (Wildman–Crippen MR) is 52.9 cm³/mol. The lowest BCUT2D eigenvalue weighted by Gasteiger charge is -2.15. The molecule has 0 aromatic rings. The fraction of sp³-hybridized carbons (Fsp3) is 1.00. The van der Waals surface area contributed by atoms with Gasteiger partial charge in [-0.1, -0.05) is 0 Å². The van der Waals surface area contributed by atoms with Crippen LogP contribution in [-0.2, 0) is 9.47 Å². The van der Waals surface area contributed by atoms with Crippen molar-refractivity contribution in [3.63, 3.8) is 0 Å². The normalized spacial score (nSPS) is 28.2. The summed E-state index contributed by atoms with van der Waals surface area (Å²) in [6.45, 7) is 7.80. The number of nitrogens with one attached hydrogen (secondary N) is 1. The van der Waals surface area contributed by atoms with Gasteiger partial charge in [0, 0.05) is 25.9 Å². The van der Waals surface area contributed by atoms with Crippen LogP contribution in [0.25, 0.3) is 0 Å². The SMILES string of the molecule is CCOCCCN[C@@H]1CCO[C@@H]1C. The van der Waals surface area contributed by atoms with Crippen LogP contribution in [0, 0.1) is 0 Å². The molecule has 3 heteroatoms. The molecule has 0 unspecified atom stereocenters. The van der Waals surface area contributed by atoms with Gasteiger partial charge in [0.2, 0.25) is 0 Å². The maximum absolute atomic E-state index is 5.45. The molecule has 1 fully saturated rings. The van der Waals surface area contributed by atoms with E-state index >= 15 is 0 Å². The maximum Gasteiger partial charge on any atom is 0.0700 e. The molecule has 0 aromatic heterocycles. The highest BCUT2D eigenvalue weighted by molar-refractivity contribution is 4.78. The quantitative estimate of drug-likeness (QED) is 0.633. The molecule has 1 rings (SSSR count). The van der Waals surface area contributed by atoms with E-state index < -0.39 is 0 Å². The van der Waals surface area contributed by atoms with Crippen LogP contribution in [0.15, 0.2) is 0 Å². The van der Waals surface area contributed by atoms with E-state index in [1.165, 1.54) is 0 Å². The Morgan fingerprint density at radius 1 is 1.54 bits per heavy atom. The van der Waals surface area contributed by atoms with Gasteiger partial charge in [0.05, 0.1) is 6.10 Å². The molecule has 0 aromatic carbocycles. The molecule has 0 radical (unpaired) electrons. The van der Waals surface area contributed by atoms with Crippen molar-refractivity contribution in [1.29, 1.82) is 0 Å². The van der Waals surface area contributed by atoms with Gasteiger partial charge >= 0.3 is 0 Å². The molecule has 3 nitrogen and oxygen atoms in total. The van der Waals surface area contributed by atoms with E-state index in [2.05, 4.69) is 12.2 Å². The van der Waals surface area contributed by atoms with Crippen LogP contribution in [0.4, 0.5) is 0 Å². The van der Waals surface area contributed by atoms with Gasteiger partial charge in [0.1, 0.15) is 0 Å². The number of rotatable bonds is 6. The first-order chi connectivity index (χ1) is 6.34. The zero-order valence-corrected chi connectivity index (χ0v) is 8.71. The van der Waals surface area contributed by atoms with Gasteiger partial charge in [0.25, 0.3) is 0 Å². The van der Waals surface area contributed by atoms with Gasteiger partial charge in [0.15, 0.2) is 0 Å². The monoisotopic (exact) mass is 187 g/mol. The second-order valence-corrected chi connectivity index (χ2v) is 3.48. The van der Waals surface area contributed by atoms with Gasteiger partial charge in [-0.3, -0.25) is 0 Å². The number of ether oxygens (including phenoxy) is 2. The Hall–Kier alpha value is -0.120. The molecule has 1 heterocycles. The van der Waals surface area contributed by atoms with Crippen LogP contribution in [0.1, 0.15) is 26.7 Å². The molecule has 0 aliphatic carbocycles. The Morgan fingerprint density at radius 2 is 2.38 bits per heavy atom.